The van der Waals surface area contributed by atoms with E-state index in [-0.39, 0.29) is 0 Å². The van der Waals surface area contributed by atoms with Crippen molar-refractivity contribution in [2.75, 3.05) is 7.11 Å². The fourth-order valence-electron chi connectivity index (χ4n) is 1.86. The lowest BCUT2D eigenvalue weighted by Gasteiger charge is -2.16. The molecule has 2 heteroatoms. The average molecular weight is 192 g/mol. The first-order chi connectivity index (χ1) is 6.71. The summed E-state index contributed by atoms with van der Waals surface area (Å²) in [6, 6.07) is 6.01. The van der Waals surface area contributed by atoms with Crippen molar-refractivity contribution in [3.8, 4) is 5.75 Å². The largest absolute Gasteiger partial charge is 0.496 e. The summed E-state index contributed by atoms with van der Waals surface area (Å²) in [6.45, 7) is 2.10. The summed E-state index contributed by atoms with van der Waals surface area (Å²) in [5, 5.41) is 10.1. The molecule has 0 heterocycles. The Balaban J connectivity index is 2.48. The Hall–Kier alpha value is -1.02. The molecule has 1 N–H and O–H groups in total. The highest BCUT2D eigenvalue weighted by Gasteiger charge is 2.44. The lowest BCUT2D eigenvalue weighted by Crippen LogP contribution is -2.08. The van der Waals surface area contributed by atoms with Crippen LogP contribution in [0.4, 0.5) is 0 Å². The zero-order valence-corrected chi connectivity index (χ0v) is 8.71. The fourth-order valence-corrected chi connectivity index (χ4v) is 1.86. The van der Waals surface area contributed by atoms with Crippen LogP contribution in [-0.2, 0) is 12.0 Å². The van der Waals surface area contributed by atoms with Gasteiger partial charge in [-0.2, -0.15) is 0 Å². The Morgan fingerprint density at radius 2 is 2.14 bits per heavy atom. The summed E-state index contributed by atoms with van der Waals surface area (Å²) in [5.41, 5.74) is 1.53. The van der Waals surface area contributed by atoms with Gasteiger partial charge in [0.2, 0.25) is 0 Å². The van der Waals surface area contributed by atoms with Crippen LogP contribution in [0, 0.1) is 0 Å². The number of hydrogen-bond acceptors (Lipinski definition) is 2. The molecular weight excluding hydrogens is 176 g/mol. The predicted octanol–water partition coefficient (Wildman–Crippen LogP) is 2.24. The van der Waals surface area contributed by atoms with Crippen molar-refractivity contribution in [2.24, 2.45) is 0 Å². The highest BCUT2D eigenvalue weighted by atomic mass is 16.5. The van der Waals surface area contributed by atoms with Gasteiger partial charge in [0.25, 0.3) is 0 Å². The molecule has 76 valence electrons. The molecule has 0 bridgehead atoms. The standard InChI is InChI=1S/C12H16O2/c1-3-9-5-4-6-10(11(9)14-2)12(13)7-8-12/h4-6,13H,3,7-8H2,1-2H3. The molecule has 1 aliphatic rings. The van der Waals surface area contributed by atoms with Gasteiger partial charge in [-0.3, -0.25) is 0 Å². The van der Waals surface area contributed by atoms with Crippen molar-refractivity contribution in [1.29, 1.82) is 0 Å². The van der Waals surface area contributed by atoms with E-state index in [0.717, 1.165) is 30.6 Å². The summed E-state index contributed by atoms with van der Waals surface area (Å²) < 4.78 is 5.37. The molecule has 1 saturated carbocycles. The van der Waals surface area contributed by atoms with E-state index in [1.807, 2.05) is 18.2 Å². The van der Waals surface area contributed by atoms with Gasteiger partial charge in [0.1, 0.15) is 5.75 Å². The molecule has 2 nitrogen and oxygen atoms in total. The second kappa shape index (κ2) is 3.28. The SMILES string of the molecule is CCc1cccc(C2(O)CC2)c1OC. The number of aryl methyl sites for hydroxylation is 1. The van der Waals surface area contributed by atoms with Crippen LogP contribution in [0.25, 0.3) is 0 Å². The average Bonchev–Trinajstić information content (AvgIpc) is 2.96. The number of aliphatic hydroxyl groups is 1. The minimum Gasteiger partial charge on any atom is -0.496 e. The van der Waals surface area contributed by atoms with Gasteiger partial charge in [0, 0.05) is 5.56 Å². The molecule has 0 amide bonds. The molecule has 1 fully saturated rings. The smallest absolute Gasteiger partial charge is 0.128 e. The first-order valence-corrected chi connectivity index (χ1v) is 5.10. The van der Waals surface area contributed by atoms with Crippen LogP contribution in [0.1, 0.15) is 30.9 Å². The second-order valence-electron chi connectivity index (χ2n) is 3.88. The maximum atomic E-state index is 10.1. The fraction of sp³-hybridized carbons (Fsp3) is 0.500. The van der Waals surface area contributed by atoms with Crippen LogP contribution >= 0.6 is 0 Å². The van der Waals surface area contributed by atoms with E-state index in [1.54, 1.807) is 7.11 Å². The first-order valence-electron chi connectivity index (χ1n) is 5.10. The predicted molar refractivity (Wildman–Crippen MR) is 55.5 cm³/mol. The van der Waals surface area contributed by atoms with Crippen molar-refractivity contribution in [3.05, 3.63) is 29.3 Å². The topological polar surface area (TPSA) is 29.5 Å². The minimum absolute atomic E-state index is 0.601. The van der Waals surface area contributed by atoms with Crippen LogP contribution in [-0.4, -0.2) is 12.2 Å². The number of benzene rings is 1. The van der Waals surface area contributed by atoms with Crippen molar-refractivity contribution in [3.63, 3.8) is 0 Å². The number of rotatable bonds is 3. The Bertz CT molecular complexity index is 340. The van der Waals surface area contributed by atoms with E-state index in [9.17, 15) is 5.11 Å². The van der Waals surface area contributed by atoms with Gasteiger partial charge in [-0.25, -0.2) is 0 Å². The summed E-state index contributed by atoms with van der Waals surface area (Å²) >= 11 is 0. The summed E-state index contributed by atoms with van der Waals surface area (Å²) in [5.74, 6) is 0.870. The summed E-state index contributed by atoms with van der Waals surface area (Å²) in [7, 11) is 1.67. The van der Waals surface area contributed by atoms with E-state index in [0.29, 0.717) is 0 Å². The molecule has 0 spiro atoms. The van der Waals surface area contributed by atoms with Crippen molar-refractivity contribution >= 4 is 0 Å². The third kappa shape index (κ3) is 1.40. The third-order valence-electron chi connectivity index (χ3n) is 2.91. The van der Waals surface area contributed by atoms with Gasteiger partial charge in [-0.05, 0) is 24.8 Å². The maximum Gasteiger partial charge on any atom is 0.128 e. The first kappa shape index (κ1) is 9.53. The normalized spacial score (nSPS) is 17.9. The Morgan fingerprint density at radius 1 is 1.43 bits per heavy atom. The molecule has 0 aliphatic heterocycles. The zero-order chi connectivity index (χ0) is 10.2. The Morgan fingerprint density at radius 3 is 2.64 bits per heavy atom. The monoisotopic (exact) mass is 192 g/mol. The Labute approximate surface area is 84.5 Å². The molecule has 14 heavy (non-hydrogen) atoms. The maximum absolute atomic E-state index is 10.1. The van der Waals surface area contributed by atoms with Crippen molar-refractivity contribution in [2.45, 2.75) is 31.8 Å². The zero-order valence-electron chi connectivity index (χ0n) is 8.71. The highest BCUT2D eigenvalue weighted by molar-refractivity contribution is 5.46. The van der Waals surface area contributed by atoms with E-state index in [1.165, 1.54) is 5.56 Å². The number of methoxy groups -OCH3 is 1. The van der Waals surface area contributed by atoms with E-state index in [2.05, 4.69) is 6.92 Å². The third-order valence-corrected chi connectivity index (χ3v) is 2.91. The lowest BCUT2D eigenvalue weighted by atomic mass is 10.0. The van der Waals surface area contributed by atoms with E-state index in [4.69, 9.17) is 4.74 Å². The Kier molecular flexibility index (Phi) is 2.23. The van der Waals surface area contributed by atoms with Crippen LogP contribution in [0.3, 0.4) is 0 Å². The molecular formula is C12H16O2. The minimum atomic E-state index is -0.601. The molecule has 0 radical (unpaired) electrons. The number of hydrogen-bond donors (Lipinski definition) is 1. The molecule has 0 saturated heterocycles. The van der Waals surface area contributed by atoms with E-state index >= 15 is 0 Å². The molecule has 2 rings (SSSR count). The van der Waals surface area contributed by atoms with Gasteiger partial charge >= 0.3 is 0 Å². The van der Waals surface area contributed by atoms with Crippen molar-refractivity contribution in [1.82, 2.24) is 0 Å². The quantitative estimate of drug-likeness (QED) is 0.795. The summed E-state index contributed by atoms with van der Waals surface area (Å²) in [4.78, 5) is 0. The van der Waals surface area contributed by atoms with Gasteiger partial charge in [-0.1, -0.05) is 25.1 Å². The lowest BCUT2D eigenvalue weighted by molar-refractivity contribution is 0.147. The molecule has 1 aromatic carbocycles. The molecule has 0 aromatic heterocycles. The van der Waals surface area contributed by atoms with Gasteiger partial charge < -0.3 is 9.84 Å². The number of ether oxygens (including phenoxy) is 1. The number of para-hydroxylation sites is 1. The molecule has 0 atom stereocenters. The van der Waals surface area contributed by atoms with Crippen molar-refractivity contribution < 1.29 is 9.84 Å². The molecule has 0 unspecified atom stereocenters. The van der Waals surface area contributed by atoms with Gasteiger partial charge in [0.15, 0.2) is 0 Å². The van der Waals surface area contributed by atoms with E-state index < -0.39 is 5.60 Å². The highest BCUT2D eigenvalue weighted by Crippen LogP contribution is 2.49. The molecule has 1 aliphatic carbocycles. The summed E-state index contributed by atoms with van der Waals surface area (Å²) in [6.07, 6.45) is 2.65. The van der Waals surface area contributed by atoms with Gasteiger partial charge in [0.05, 0.1) is 12.7 Å². The van der Waals surface area contributed by atoms with Crippen LogP contribution in [0.2, 0.25) is 0 Å². The van der Waals surface area contributed by atoms with Crippen LogP contribution in [0.15, 0.2) is 18.2 Å². The van der Waals surface area contributed by atoms with Crippen LogP contribution < -0.4 is 4.74 Å². The van der Waals surface area contributed by atoms with Crippen LogP contribution in [0.5, 0.6) is 5.75 Å². The van der Waals surface area contributed by atoms with Gasteiger partial charge in [-0.15, -0.1) is 0 Å². The molecule has 1 aromatic rings. The second-order valence-corrected chi connectivity index (χ2v) is 3.88.